The van der Waals surface area contributed by atoms with Crippen molar-refractivity contribution in [3.8, 4) is 0 Å². The van der Waals surface area contributed by atoms with Gasteiger partial charge in [0.2, 0.25) is 0 Å². The fourth-order valence-electron chi connectivity index (χ4n) is 0.853. The van der Waals surface area contributed by atoms with E-state index in [1.165, 1.54) is 6.34 Å². The van der Waals surface area contributed by atoms with Gasteiger partial charge < -0.3 is 16.2 Å². The molecule has 4 N–H and O–H groups in total. The molecule has 0 aromatic carbocycles. The first-order chi connectivity index (χ1) is 5.72. The lowest BCUT2D eigenvalue weighted by Crippen LogP contribution is -2.33. The van der Waals surface area contributed by atoms with Crippen LogP contribution in [0.5, 0.6) is 0 Å². The lowest BCUT2D eigenvalue weighted by molar-refractivity contribution is -0.139. The molecule has 0 rings (SSSR count). The molecule has 1 unspecified atom stereocenters. The quantitative estimate of drug-likeness (QED) is 0.285. The second kappa shape index (κ2) is 6.60. The SMILES string of the molecule is CNC(CCCN=CN)C(=O)O. The van der Waals surface area contributed by atoms with Gasteiger partial charge in [-0.3, -0.25) is 9.79 Å². The van der Waals surface area contributed by atoms with Gasteiger partial charge in [-0.15, -0.1) is 0 Å². The number of aliphatic carboxylic acids is 1. The summed E-state index contributed by atoms with van der Waals surface area (Å²) in [4.78, 5) is 14.2. The van der Waals surface area contributed by atoms with Crippen molar-refractivity contribution >= 4 is 12.3 Å². The van der Waals surface area contributed by atoms with Gasteiger partial charge in [0.25, 0.3) is 0 Å². The first-order valence-corrected chi connectivity index (χ1v) is 3.82. The fourth-order valence-corrected chi connectivity index (χ4v) is 0.853. The molecule has 0 aliphatic heterocycles. The molecule has 0 radical (unpaired) electrons. The number of nitrogens with two attached hydrogens (primary N) is 1. The van der Waals surface area contributed by atoms with E-state index in [1.54, 1.807) is 7.05 Å². The van der Waals surface area contributed by atoms with Crippen LogP contribution >= 0.6 is 0 Å². The van der Waals surface area contributed by atoms with E-state index in [1.807, 2.05) is 0 Å². The third-order valence-electron chi connectivity index (χ3n) is 1.53. The van der Waals surface area contributed by atoms with Gasteiger partial charge in [-0.2, -0.15) is 0 Å². The molecule has 0 aliphatic rings. The molecule has 1 atom stereocenters. The number of carbonyl (C=O) groups is 1. The molecule has 0 saturated heterocycles. The average molecular weight is 173 g/mol. The molecule has 0 aliphatic carbocycles. The Hall–Kier alpha value is -1.10. The largest absolute Gasteiger partial charge is 0.480 e. The number of nitrogens with zero attached hydrogens (tertiary/aromatic N) is 1. The predicted molar refractivity (Wildman–Crippen MR) is 47.3 cm³/mol. The van der Waals surface area contributed by atoms with E-state index in [0.717, 1.165) is 6.42 Å². The average Bonchev–Trinajstić information content (AvgIpc) is 2.04. The third kappa shape index (κ3) is 4.68. The van der Waals surface area contributed by atoms with Gasteiger partial charge in [0.15, 0.2) is 0 Å². The third-order valence-corrected chi connectivity index (χ3v) is 1.53. The van der Waals surface area contributed by atoms with Crippen LogP contribution in [0.2, 0.25) is 0 Å². The number of hydrogen-bond donors (Lipinski definition) is 3. The highest BCUT2D eigenvalue weighted by Crippen LogP contribution is 1.96. The molecule has 0 saturated carbocycles. The zero-order chi connectivity index (χ0) is 9.40. The standard InChI is InChI=1S/C7H15N3O2/c1-9-6(7(11)12)3-2-4-10-5-8/h5-6,9H,2-4H2,1H3,(H2,8,10)(H,11,12). The van der Waals surface area contributed by atoms with Crippen LogP contribution in [0.25, 0.3) is 0 Å². The molecule has 0 fully saturated rings. The van der Waals surface area contributed by atoms with Crippen LogP contribution in [0, 0.1) is 0 Å². The number of aliphatic imine (C=N–C) groups is 1. The molecule has 0 amide bonds. The highest BCUT2D eigenvalue weighted by molar-refractivity contribution is 5.73. The number of rotatable bonds is 6. The normalized spacial score (nSPS) is 13.4. The lowest BCUT2D eigenvalue weighted by atomic mass is 10.1. The number of hydrogen-bond acceptors (Lipinski definition) is 3. The maximum Gasteiger partial charge on any atom is 0.320 e. The summed E-state index contributed by atoms with van der Waals surface area (Å²) in [5.41, 5.74) is 5.01. The number of likely N-dealkylation sites (N-methyl/N-ethyl adjacent to an activating group) is 1. The topological polar surface area (TPSA) is 87.7 Å². The molecule has 0 spiro atoms. The van der Waals surface area contributed by atoms with Crippen LogP contribution in [-0.2, 0) is 4.79 Å². The summed E-state index contributed by atoms with van der Waals surface area (Å²) in [5.74, 6) is -0.825. The van der Waals surface area contributed by atoms with Crippen LogP contribution in [0.3, 0.4) is 0 Å². The summed E-state index contributed by atoms with van der Waals surface area (Å²) in [5, 5.41) is 11.3. The first kappa shape index (κ1) is 10.9. The number of carboxylic acid groups (broad SMARTS) is 1. The smallest absolute Gasteiger partial charge is 0.320 e. The van der Waals surface area contributed by atoms with Gasteiger partial charge in [0.05, 0.1) is 6.34 Å². The van der Waals surface area contributed by atoms with E-state index in [-0.39, 0.29) is 0 Å². The molecule has 0 aromatic heterocycles. The van der Waals surface area contributed by atoms with Crippen LogP contribution in [0.15, 0.2) is 4.99 Å². The van der Waals surface area contributed by atoms with Gasteiger partial charge >= 0.3 is 5.97 Å². The summed E-state index contributed by atoms with van der Waals surface area (Å²) in [6, 6.07) is -0.474. The van der Waals surface area contributed by atoms with E-state index in [2.05, 4.69) is 10.3 Å². The maximum absolute atomic E-state index is 10.5. The van der Waals surface area contributed by atoms with Crippen molar-refractivity contribution in [2.45, 2.75) is 18.9 Å². The monoisotopic (exact) mass is 173 g/mol. The van der Waals surface area contributed by atoms with E-state index >= 15 is 0 Å². The zero-order valence-electron chi connectivity index (χ0n) is 7.16. The molecule has 70 valence electrons. The highest BCUT2D eigenvalue weighted by Gasteiger charge is 2.12. The van der Waals surface area contributed by atoms with E-state index in [0.29, 0.717) is 13.0 Å². The molecule has 0 aromatic rings. The zero-order valence-corrected chi connectivity index (χ0v) is 7.16. The molecule has 0 heterocycles. The Labute approximate surface area is 71.7 Å². The van der Waals surface area contributed by atoms with Crippen LogP contribution < -0.4 is 11.1 Å². The fraction of sp³-hybridized carbons (Fsp3) is 0.714. The summed E-state index contributed by atoms with van der Waals surface area (Å²) in [6.07, 6.45) is 2.53. The Balaban J connectivity index is 3.51. The van der Waals surface area contributed by atoms with Gasteiger partial charge in [-0.1, -0.05) is 0 Å². The molecular formula is C7H15N3O2. The van der Waals surface area contributed by atoms with E-state index < -0.39 is 12.0 Å². The minimum atomic E-state index is -0.825. The maximum atomic E-state index is 10.5. The Bertz CT molecular complexity index is 159. The Morgan fingerprint density at radius 2 is 2.50 bits per heavy atom. The summed E-state index contributed by atoms with van der Waals surface area (Å²) in [6.45, 7) is 0.585. The first-order valence-electron chi connectivity index (χ1n) is 3.82. The van der Waals surface area contributed by atoms with Gasteiger partial charge in [0, 0.05) is 6.54 Å². The lowest BCUT2D eigenvalue weighted by Gasteiger charge is -2.08. The van der Waals surface area contributed by atoms with Crippen molar-refractivity contribution < 1.29 is 9.90 Å². The van der Waals surface area contributed by atoms with Gasteiger partial charge in [-0.05, 0) is 19.9 Å². The van der Waals surface area contributed by atoms with Crippen molar-refractivity contribution in [2.24, 2.45) is 10.7 Å². The molecule has 0 bridgehead atoms. The van der Waals surface area contributed by atoms with Crippen LogP contribution in [0.4, 0.5) is 0 Å². The summed E-state index contributed by atoms with van der Waals surface area (Å²) < 4.78 is 0. The van der Waals surface area contributed by atoms with Crippen molar-refractivity contribution in [1.82, 2.24) is 5.32 Å². The predicted octanol–water partition coefficient (Wildman–Crippen LogP) is -0.574. The molecule has 12 heavy (non-hydrogen) atoms. The van der Waals surface area contributed by atoms with Crippen molar-refractivity contribution in [1.29, 1.82) is 0 Å². The Morgan fingerprint density at radius 3 is 2.92 bits per heavy atom. The summed E-state index contributed by atoms with van der Waals surface area (Å²) in [7, 11) is 1.63. The molecule has 5 nitrogen and oxygen atoms in total. The minimum Gasteiger partial charge on any atom is -0.480 e. The second-order valence-electron chi connectivity index (χ2n) is 2.38. The second-order valence-corrected chi connectivity index (χ2v) is 2.38. The summed E-state index contributed by atoms with van der Waals surface area (Å²) >= 11 is 0. The van der Waals surface area contributed by atoms with Gasteiger partial charge in [-0.25, -0.2) is 0 Å². The minimum absolute atomic E-state index is 0.474. The number of nitrogens with one attached hydrogen (secondary N) is 1. The van der Waals surface area contributed by atoms with Crippen molar-refractivity contribution in [2.75, 3.05) is 13.6 Å². The van der Waals surface area contributed by atoms with Gasteiger partial charge in [0.1, 0.15) is 6.04 Å². The molecule has 5 heteroatoms. The van der Waals surface area contributed by atoms with Crippen LogP contribution in [-0.4, -0.2) is 37.0 Å². The molecular weight excluding hydrogens is 158 g/mol. The van der Waals surface area contributed by atoms with Crippen molar-refractivity contribution in [3.05, 3.63) is 0 Å². The highest BCUT2D eigenvalue weighted by atomic mass is 16.4. The van der Waals surface area contributed by atoms with E-state index in [4.69, 9.17) is 10.8 Å². The Kier molecular flexibility index (Phi) is 6.00. The van der Waals surface area contributed by atoms with Crippen molar-refractivity contribution in [3.63, 3.8) is 0 Å². The number of carboxylic acids is 1. The van der Waals surface area contributed by atoms with E-state index in [9.17, 15) is 4.79 Å². The Morgan fingerprint density at radius 1 is 1.83 bits per heavy atom. The van der Waals surface area contributed by atoms with Crippen LogP contribution in [0.1, 0.15) is 12.8 Å².